The fourth-order valence-corrected chi connectivity index (χ4v) is 5.76. The number of rotatable bonds is 1. The van der Waals surface area contributed by atoms with Gasteiger partial charge >= 0.3 is 0 Å². The van der Waals surface area contributed by atoms with Gasteiger partial charge in [0.15, 0.2) is 0 Å². The number of benzene rings is 4. The topological polar surface area (TPSA) is 12.0 Å². The van der Waals surface area contributed by atoms with Crippen LogP contribution in [0.15, 0.2) is 78.9 Å². The molecule has 0 radical (unpaired) electrons. The molecule has 1 N–H and O–H groups in total. The summed E-state index contributed by atoms with van der Waals surface area (Å²) in [6.07, 6.45) is 5.78. The molecule has 1 aliphatic carbocycles. The summed E-state index contributed by atoms with van der Waals surface area (Å²) < 4.78 is 0. The van der Waals surface area contributed by atoms with E-state index in [2.05, 4.69) is 85.1 Å². The van der Waals surface area contributed by atoms with Crippen LogP contribution in [0.2, 0.25) is 5.02 Å². The van der Waals surface area contributed by atoms with Crippen molar-refractivity contribution in [2.75, 3.05) is 5.32 Å². The quantitative estimate of drug-likeness (QED) is 0.256. The second-order valence-electron chi connectivity index (χ2n) is 8.36. The van der Waals surface area contributed by atoms with E-state index in [1.54, 1.807) is 0 Å². The summed E-state index contributed by atoms with van der Waals surface area (Å²) in [7, 11) is 0. The van der Waals surface area contributed by atoms with Gasteiger partial charge in [0, 0.05) is 22.2 Å². The van der Waals surface area contributed by atoms with E-state index in [1.165, 1.54) is 43.9 Å². The highest BCUT2D eigenvalue weighted by atomic mass is 35.5. The van der Waals surface area contributed by atoms with E-state index in [0.717, 1.165) is 11.4 Å². The Balaban J connectivity index is 1.66. The Hall–Kier alpha value is -2.77. The van der Waals surface area contributed by atoms with Gasteiger partial charge in [-0.25, -0.2) is 0 Å². The number of halogens is 1. The van der Waals surface area contributed by atoms with Gasteiger partial charge < -0.3 is 5.32 Å². The highest BCUT2D eigenvalue weighted by molar-refractivity contribution is 6.32. The average Bonchev–Trinajstić information content (AvgIpc) is 3.24. The third-order valence-electron chi connectivity index (χ3n) is 6.80. The maximum atomic E-state index is 6.69. The molecule has 2 aliphatic rings. The Kier molecular flexibility index (Phi) is 3.76. The van der Waals surface area contributed by atoms with Gasteiger partial charge in [0.2, 0.25) is 0 Å². The molecule has 0 unspecified atom stereocenters. The van der Waals surface area contributed by atoms with Crippen LogP contribution in [0.1, 0.15) is 35.1 Å². The van der Waals surface area contributed by atoms with Crippen molar-refractivity contribution in [3.63, 3.8) is 0 Å². The largest absolute Gasteiger partial charge is 0.377 e. The highest BCUT2D eigenvalue weighted by Gasteiger charge is 2.40. The maximum Gasteiger partial charge on any atom is 0.0566 e. The number of fused-ring (bicyclic) bond motifs is 5. The molecule has 142 valence electrons. The van der Waals surface area contributed by atoms with Crippen LogP contribution in [0, 0.1) is 12.8 Å². The van der Waals surface area contributed by atoms with Crippen LogP contribution in [-0.2, 0) is 0 Å². The fraction of sp³-hybridized carbons (Fsp3) is 0.185. The van der Waals surface area contributed by atoms with Gasteiger partial charge in [-0.15, -0.1) is 0 Å². The van der Waals surface area contributed by atoms with Crippen molar-refractivity contribution in [3.8, 4) is 0 Å². The van der Waals surface area contributed by atoms with Gasteiger partial charge in [-0.3, -0.25) is 0 Å². The lowest BCUT2D eigenvalue weighted by molar-refractivity contribution is 0.429. The van der Waals surface area contributed by atoms with E-state index in [9.17, 15) is 0 Å². The standard InChI is InChI=1S/C27H22ClN/c1-16-13-14-23(28)25-21-11-6-12-22(21)27(29-26(16)25)24-19-9-4-2-7-17(19)15-18-8-3-5-10-20(18)24/h2-11,13-15,21-22,27,29H,12H2,1H3/t21-,22+,27-/m1/s1. The average molecular weight is 396 g/mol. The van der Waals surface area contributed by atoms with Gasteiger partial charge in [-0.05, 0) is 64.1 Å². The first-order chi connectivity index (χ1) is 14.2. The first-order valence-corrected chi connectivity index (χ1v) is 10.7. The molecule has 0 amide bonds. The number of aryl methyl sites for hydroxylation is 1. The molecule has 0 fully saturated rings. The lowest BCUT2D eigenvalue weighted by Crippen LogP contribution is -2.30. The van der Waals surface area contributed by atoms with Gasteiger partial charge in [-0.2, -0.15) is 0 Å². The van der Waals surface area contributed by atoms with E-state index in [0.29, 0.717) is 11.8 Å². The fourth-order valence-electron chi connectivity index (χ4n) is 5.48. The van der Waals surface area contributed by atoms with Crippen molar-refractivity contribution in [2.24, 2.45) is 5.92 Å². The SMILES string of the molecule is Cc1ccc(Cl)c2c1N[C@@H](c1c3ccccc3cc3ccccc13)[C@H]1CC=C[C@@H]21. The molecule has 4 aromatic carbocycles. The smallest absolute Gasteiger partial charge is 0.0566 e. The van der Waals surface area contributed by atoms with Crippen LogP contribution < -0.4 is 5.32 Å². The highest BCUT2D eigenvalue weighted by Crippen LogP contribution is 2.54. The number of hydrogen-bond acceptors (Lipinski definition) is 1. The molecule has 2 heteroatoms. The second kappa shape index (κ2) is 6.37. The monoisotopic (exact) mass is 395 g/mol. The van der Waals surface area contributed by atoms with Crippen LogP contribution >= 0.6 is 11.6 Å². The Morgan fingerprint density at radius 3 is 2.28 bits per heavy atom. The molecule has 1 aliphatic heterocycles. The predicted molar refractivity (Wildman–Crippen MR) is 124 cm³/mol. The molecule has 0 aromatic heterocycles. The van der Waals surface area contributed by atoms with Gasteiger partial charge in [0.25, 0.3) is 0 Å². The Labute approximate surface area is 176 Å². The van der Waals surface area contributed by atoms with Crippen molar-refractivity contribution in [1.29, 1.82) is 0 Å². The summed E-state index contributed by atoms with van der Waals surface area (Å²) in [5, 5.41) is 10.1. The lowest BCUT2D eigenvalue weighted by Gasteiger charge is -2.39. The van der Waals surface area contributed by atoms with Gasteiger partial charge in [-0.1, -0.05) is 78.4 Å². The summed E-state index contributed by atoms with van der Waals surface area (Å²) in [5.74, 6) is 0.831. The third-order valence-corrected chi connectivity index (χ3v) is 7.13. The zero-order valence-corrected chi connectivity index (χ0v) is 17.1. The summed E-state index contributed by atoms with van der Waals surface area (Å²) in [4.78, 5) is 0. The number of hydrogen-bond donors (Lipinski definition) is 1. The lowest BCUT2D eigenvalue weighted by atomic mass is 9.74. The molecular formula is C27H22ClN. The van der Waals surface area contributed by atoms with Crippen molar-refractivity contribution >= 4 is 38.8 Å². The van der Waals surface area contributed by atoms with Crippen LogP contribution in [-0.4, -0.2) is 0 Å². The minimum absolute atomic E-state index is 0.246. The molecule has 1 heterocycles. The minimum Gasteiger partial charge on any atom is -0.377 e. The molecule has 0 spiro atoms. The summed E-state index contributed by atoms with van der Waals surface area (Å²) in [5.41, 5.74) is 5.17. The normalized spacial score (nSPS) is 22.5. The van der Waals surface area contributed by atoms with Crippen LogP contribution in [0.4, 0.5) is 5.69 Å². The van der Waals surface area contributed by atoms with Crippen LogP contribution in [0.5, 0.6) is 0 Å². The van der Waals surface area contributed by atoms with Crippen LogP contribution in [0.3, 0.4) is 0 Å². The number of allylic oxidation sites excluding steroid dienone is 2. The Bertz CT molecular complexity index is 1250. The zero-order valence-electron chi connectivity index (χ0n) is 16.3. The predicted octanol–water partition coefficient (Wildman–Crippen LogP) is 7.78. The number of nitrogens with one attached hydrogen (secondary N) is 1. The van der Waals surface area contributed by atoms with Crippen molar-refractivity contribution < 1.29 is 0 Å². The third kappa shape index (κ3) is 2.47. The summed E-state index contributed by atoms with van der Waals surface area (Å²) in [6, 6.07) is 24.3. The maximum absolute atomic E-state index is 6.69. The van der Waals surface area contributed by atoms with Crippen molar-refractivity contribution in [3.05, 3.63) is 101 Å². The molecule has 0 bridgehead atoms. The summed E-state index contributed by atoms with van der Waals surface area (Å²) >= 11 is 6.69. The molecule has 4 aromatic rings. The van der Waals surface area contributed by atoms with Crippen molar-refractivity contribution in [2.45, 2.75) is 25.3 Å². The van der Waals surface area contributed by atoms with Crippen LogP contribution in [0.25, 0.3) is 21.5 Å². The molecule has 0 saturated carbocycles. The van der Waals surface area contributed by atoms with E-state index >= 15 is 0 Å². The van der Waals surface area contributed by atoms with E-state index in [-0.39, 0.29) is 6.04 Å². The first kappa shape index (κ1) is 17.1. The number of anilines is 1. The second-order valence-corrected chi connectivity index (χ2v) is 8.77. The Morgan fingerprint density at radius 1 is 0.862 bits per heavy atom. The first-order valence-electron chi connectivity index (χ1n) is 10.3. The Morgan fingerprint density at radius 2 is 1.55 bits per heavy atom. The van der Waals surface area contributed by atoms with Gasteiger partial charge in [0.05, 0.1) is 6.04 Å². The molecule has 0 saturated heterocycles. The minimum atomic E-state index is 0.246. The zero-order chi connectivity index (χ0) is 19.5. The summed E-state index contributed by atoms with van der Waals surface area (Å²) in [6.45, 7) is 2.18. The van der Waals surface area contributed by atoms with E-state index in [1.807, 2.05) is 6.07 Å². The molecule has 1 nitrogen and oxygen atoms in total. The molecule has 3 atom stereocenters. The molecule has 6 rings (SSSR count). The molecule has 29 heavy (non-hydrogen) atoms. The van der Waals surface area contributed by atoms with Gasteiger partial charge in [0.1, 0.15) is 0 Å². The molecular weight excluding hydrogens is 374 g/mol. The van der Waals surface area contributed by atoms with E-state index < -0.39 is 0 Å². The van der Waals surface area contributed by atoms with Crippen molar-refractivity contribution in [1.82, 2.24) is 0 Å². The van der Waals surface area contributed by atoms with E-state index in [4.69, 9.17) is 11.6 Å².